The second-order valence-electron chi connectivity index (χ2n) is 5.65. The number of nitrogens with one attached hydrogen (secondary N) is 1. The molecule has 0 saturated carbocycles. The van der Waals surface area contributed by atoms with Gasteiger partial charge >= 0.3 is 0 Å². The monoisotopic (exact) mass is 242 g/mol. The van der Waals surface area contributed by atoms with Crippen LogP contribution in [0.3, 0.4) is 0 Å². The fourth-order valence-corrected chi connectivity index (χ4v) is 1.76. The lowest BCUT2D eigenvalue weighted by Crippen LogP contribution is -2.47. The lowest BCUT2D eigenvalue weighted by molar-refractivity contribution is -0.124. The van der Waals surface area contributed by atoms with Gasteiger partial charge in [0.1, 0.15) is 0 Å². The van der Waals surface area contributed by atoms with Gasteiger partial charge in [-0.1, -0.05) is 47.0 Å². The van der Waals surface area contributed by atoms with E-state index in [2.05, 4.69) is 33.0 Å². The van der Waals surface area contributed by atoms with Gasteiger partial charge in [0.15, 0.2) is 0 Å². The number of carbonyl (C=O) groups is 1. The maximum atomic E-state index is 11.8. The molecule has 3 heteroatoms. The molecule has 2 unspecified atom stereocenters. The predicted molar refractivity (Wildman–Crippen MR) is 73.7 cm³/mol. The summed E-state index contributed by atoms with van der Waals surface area (Å²) in [6, 6.07) is -0.135. The highest BCUT2D eigenvalue weighted by atomic mass is 16.2. The lowest BCUT2D eigenvalue weighted by atomic mass is 9.98. The molecule has 17 heavy (non-hydrogen) atoms. The van der Waals surface area contributed by atoms with E-state index in [1.165, 1.54) is 6.42 Å². The molecule has 0 aromatic rings. The van der Waals surface area contributed by atoms with Crippen molar-refractivity contribution in [2.75, 3.05) is 0 Å². The van der Waals surface area contributed by atoms with E-state index < -0.39 is 0 Å². The summed E-state index contributed by atoms with van der Waals surface area (Å²) >= 11 is 0. The standard InChI is InChI=1S/C14H30N2O/c1-6-11(4)13(15)14(17)16-12(5)9-7-8-10(2)3/h10-13H,6-9,15H2,1-5H3,(H,16,17)/t11?,12?,13-/m0/s1. The summed E-state index contributed by atoms with van der Waals surface area (Å²) in [6.45, 7) is 10.6. The Morgan fingerprint density at radius 2 is 1.76 bits per heavy atom. The maximum Gasteiger partial charge on any atom is 0.237 e. The van der Waals surface area contributed by atoms with Crippen LogP contribution >= 0.6 is 0 Å². The quantitative estimate of drug-likeness (QED) is 0.687. The second kappa shape index (κ2) is 8.51. The van der Waals surface area contributed by atoms with Crippen LogP contribution < -0.4 is 11.1 Å². The second-order valence-corrected chi connectivity index (χ2v) is 5.65. The van der Waals surface area contributed by atoms with E-state index >= 15 is 0 Å². The van der Waals surface area contributed by atoms with Crippen LogP contribution in [0.15, 0.2) is 0 Å². The highest BCUT2D eigenvalue weighted by Crippen LogP contribution is 2.09. The molecule has 0 aromatic heterocycles. The zero-order valence-electron chi connectivity index (χ0n) is 12.1. The van der Waals surface area contributed by atoms with Gasteiger partial charge in [-0.05, 0) is 25.2 Å². The molecular weight excluding hydrogens is 212 g/mol. The molecule has 0 aliphatic carbocycles. The molecular formula is C14H30N2O. The van der Waals surface area contributed by atoms with Gasteiger partial charge in [-0.25, -0.2) is 0 Å². The zero-order chi connectivity index (χ0) is 13.4. The van der Waals surface area contributed by atoms with Crippen molar-refractivity contribution < 1.29 is 4.79 Å². The van der Waals surface area contributed by atoms with Crippen LogP contribution in [-0.2, 0) is 4.79 Å². The largest absolute Gasteiger partial charge is 0.352 e. The minimum atomic E-state index is -0.368. The van der Waals surface area contributed by atoms with E-state index in [4.69, 9.17) is 5.73 Å². The Labute approximate surface area is 107 Å². The van der Waals surface area contributed by atoms with Gasteiger partial charge in [-0.2, -0.15) is 0 Å². The molecule has 0 heterocycles. The molecule has 0 aliphatic rings. The Bertz CT molecular complexity index is 216. The predicted octanol–water partition coefficient (Wildman–Crippen LogP) is 2.69. The van der Waals surface area contributed by atoms with Crippen molar-refractivity contribution in [2.24, 2.45) is 17.6 Å². The van der Waals surface area contributed by atoms with Crippen molar-refractivity contribution in [3.05, 3.63) is 0 Å². The van der Waals surface area contributed by atoms with Gasteiger partial charge < -0.3 is 11.1 Å². The number of amides is 1. The number of hydrogen-bond acceptors (Lipinski definition) is 2. The summed E-state index contributed by atoms with van der Waals surface area (Å²) in [5, 5.41) is 3.00. The van der Waals surface area contributed by atoms with E-state index in [-0.39, 0.29) is 23.9 Å². The topological polar surface area (TPSA) is 55.1 Å². The fourth-order valence-electron chi connectivity index (χ4n) is 1.76. The van der Waals surface area contributed by atoms with E-state index in [0.717, 1.165) is 25.2 Å². The summed E-state index contributed by atoms with van der Waals surface area (Å²) in [6.07, 6.45) is 4.36. The van der Waals surface area contributed by atoms with Crippen molar-refractivity contribution in [1.82, 2.24) is 5.32 Å². The number of carbonyl (C=O) groups excluding carboxylic acids is 1. The molecule has 0 spiro atoms. The summed E-state index contributed by atoms with van der Waals surface area (Å²) in [5.74, 6) is 0.981. The summed E-state index contributed by atoms with van der Waals surface area (Å²) in [7, 11) is 0. The van der Waals surface area contributed by atoms with Gasteiger partial charge in [0, 0.05) is 6.04 Å². The van der Waals surface area contributed by atoms with Gasteiger partial charge in [-0.15, -0.1) is 0 Å². The van der Waals surface area contributed by atoms with Crippen molar-refractivity contribution in [3.63, 3.8) is 0 Å². The molecule has 1 amide bonds. The van der Waals surface area contributed by atoms with Crippen molar-refractivity contribution in [1.29, 1.82) is 0 Å². The highest BCUT2D eigenvalue weighted by molar-refractivity contribution is 5.81. The molecule has 0 aromatic carbocycles. The molecule has 0 rings (SSSR count). The van der Waals surface area contributed by atoms with Crippen molar-refractivity contribution in [2.45, 2.75) is 72.4 Å². The van der Waals surface area contributed by atoms with Crippen LogP contribution in [-0.4, -0.2) is 18.0 Å². The molecule has 0 radical (unpaired) electrons. The van der Waals surface area contributed by atoms with Crippen LogP contribution in [0, 0.1) is 11.8 Å². The van der Waals surface area contributed by atoms with Gasteiger partial charge in [0.05, 0.1) is 6.04 Å². The average molecular weight is 242 g/mol. The van der Waals surface area contributed by atoms with E-state index in [1.807, 2.05) is 6.92 Å². The lowest BCUT2D eigenvalue weighted by Gasteiger charge is -2.21. The third kappa shape index (κ3) is 7.37. The van der Waals surface area contributed by atoms with E-state index in [0.29, 0.717) is 0 Å². The molecule has 0 fully saturated rings. The number of rotatable bonds is 8. The van der Waals surface area contributed by atoms with Crippen LogP contribution in [0.1, 0.15) is 60.3 Å². The first-order chi connectivity index (χ1) is 7.88. The summed E-state index contributed by atoms with van der Waals surface area (Å²) in [4.78, 5) is 11.8. The molecule has 3 nitrogen and oxygen atoms in total. The van der Waals surface area contributed by atoms with Gasteiger partial charge in [-0.3, -0.25) is 4.79 Å². The first-order valence-electron chi connectivity index (χ1n) is 6.94. The number of hydrogen-bond donors (Lipinski definition) is 2. The first-order valence-corrected chi connectivity index (χ1v) is 6.94. The Kier molecular flexibility index (Phi) is 8.23. The van der Waals surface area contributed by atoms with Crippen LogP contribution in [0.4, 0.5) is 0 Å². The Morgan fingerprint density at radius 3 is 2.24 bits per heavy atom. The number of nitrogens with two attached hydrogens (primary N) is 1. The van der Waals surface area contributed by atoms with Gasteiger partial charge in [0.2, 0.25) is 5.91 Å². The molecule has 3 N–H and O–H groups in total. The Morgan fingerprint density at radius 1 is 1.18 bits per heavy atom. The SMILES string of the molecule is CCC(C)[C@H](N)C(=O)NC(C)CCCC(C)C. The zero-order valence-corrected chi connectivity index (χ0v) is 12.1. The highest BCUT2D eigenvalue weighted by Gasteiger charge is 2.20. The smallest absolute Gasteiger partial charge is 0.237 e. The minimum absolute atomic E-state index is 0.00334. The fraction of sp³-hybridized carbons (Fsp3) is 0.929. The third-order valence-electron chi connectivity index (χ3n) is 3.37. The third-order valence-corrected chi connectivity index (χ3v) is 3.37. The van der Waals surface area contributed by atoms with Gasteiger partial charge in [0.25, 0.3) is 0 Å². The maximum absolute atomic E-state index is 11.8. The Balaban J connectivity index is 3.87. The molecule has 0 bridgehead atoms. The van der Waals surface area contributed by atoms with Crippen LogP contribution in [0.2, 0.25) is 0 Å². The average Bonchev–Trinajstić information content (AvgIpc) is 2.26. The van der Waals surface area contributed by atoms with E-state index in [1.54, 1.807) is 0 Å². The van der Waals surface area contributed by atoms with Crippen molar-refractivity contribution in [3.8, 4) is 0 Å². The summed E-state index contributed by atoms with van der Waals surface area (Å²) in [5.41, 5.74) is 5.88. The van der Waals surface area contributed by atoms with Crippen LogP contribution in [0.25, 0.3) is 0 Å². The first kappa shape index (κ1) is 16.4. The molecule has 3 atom stereocenters. The molecule has 0 aliphatic heterocycles. The van der Waals surface area contributed by atoms with E-state index in [9.17, 15) is 4.79 Å². The molecule has 0 saturated heterocycles. The minimum Gasteiger partial charge on any atom is -0.352 e. The Hall–Kier alpha value is -0.570. The summed E-state index contributed by atoms with van der Waals surface area (Å²) < 4.78 is 0. The van der Waals surface area contributed by atoms with Crippen molar-refractivity contribution >= 4 is 5.91 Å². The molecule has 102 valence electrons. The van der Waals surface area contributed by atoms with Crippen LogP contribution in [0.5, 0.6) is 0 Å². The normalized spacial score (nSPS) is 16.6.